The van der Waals surface area contributed by atoms with Crippen molar-refractivity contribution in [3.8, 4) is 28.2 Å². The molecule has 2 aliphatic rings. The molecule has 6 heteroatoms. The van der Waals surface area contributed by atoms with Crippen LogP contribution in [-0.4, -0.2) is 17.6 Å². The summed E-state index contributed by atoms with van der Waals surface area (Å²) in [6.45, 7) is 2.43. The predicted molar refractivity (Wildman–Crippen MR) is 129 cm³/mol. The van der Waals surface area contributed by atoms with Crippen molar-refractivity contribution >= 4 is 16.9 Å². The Balaban J connectivity index is 1.68. The Morgan fingerprint density at radius 2 is 1.76 bits per heavy atom. The van der Waals surface area contributed by atoms with Crippen molar-refractivity contribution in [3.63, 3.8) is 0 Å². The monoisotopic (exact) mass is 451 g/mol. The number of pyridine rings is 1. The van der Waals surface area contributed by atoms with E-state index >= 15 is 0 Å². The Kier molecular flexibility index (Phi) is 5.79. The Labute approximate surface area is 195 Å². The summed E-state index contributed by atoms with van der Waals surface area (Å²) < 4.78 is 17.4. The topological polar surface area (TPSA) is 78.6 Å². The van der Waals surface area contributed by atoms with Gasteiger partial charge in [0.1, 0.15) is 23.7 Å². The fraction of sp³-hybridized carbons (Fsp3) is 0.107. The summed E-state index contributed by atoms with van der Waals surface area (Å²) in [5, 5.41) is 0.791. The fourth-order valence-corrected chi connectivity index (χ4v) is 3.96. The molecule has 2 aromatic carbocycles. The number of hydrogen-bond acceptors (Lipinski definition) is 6. The van der Waals surface area contributed by atoms with Gasteiger partial charge in [0.15, 0.2) is 5.43 Å². The highest BCUT2D eigenvalue weighted by molar-refractivity contribution is 6.07. The van der Waals surface area contributed by atoms with Crippen molar-refractivity contribution < 1.29 is 18.7 Å². The Hall–Kier alpha value is -4.45. The second-order valence-corrected chi connectivity index (χ2v) is 7.70. The zero-order chi connectivity index (χ0) is 23.5. The summed E-state index contributed by atoms with van der Waals surface area (Å²) in [6, 6.07) is 21.3. The quantitative estimate of drug-likeness (QED) is 0.243. The molecule has 0 fully saturated rings. The third kappa shape index (κ3) is 4.13. The number of esters is 1. The Bertz CT molecular complexity index is 1510. The van der Waals surface area contributed by atoms with Crippen LogP contribution in [0.1, 0.15) is 22.8 Å². The standard InChI is InChI=1S/C28H21NO5/c1-2-32-28(31)22-6-4-3-5-21(22)27-23-9-7-19(30)15-25(23)34-26-16-20(8-10-24(26)27)33-17-18-11-13-29-14-12-18/h3-16H,2,17H2,1H3. The van der Waals surface area contributed by atoms with E-state index in [-0.39, 0.29) is 12.0 Å². The maximum absolute atomic E-state index is 12.7. The number of aromatic nitrogens is 1. The SMILES string of the molecule is CCOC(=O)c1ccccc1-c1c2ccc(=O)cc-2oc2cc(OCc3ccncc3)ccc12. The minimum atomic E-state index is -0.405. The lowest BCUT2D eigenvalue weighted by Gasteiger charge is -2.17. The number of carbonyl (C=O) groups is 1. The molecule has 3 aromatic rings. The first kappa shape index (κ1) is 21.4. The molecule has 168 valence electrons. The molecule has 0 unspecified atom stereocenters. The van der Waals surface area contributed by atoms with Gasteiger partial charge in [-0.1, -0.05) is 18.2 Å². The molecule has 6 nitrogen and oxygen atoms in total. The van der Waals surface area contributed by atoms with Gasteiger partial charge in [-0.25, -0.2) is 4.79 Å². The third-order valence-corrected chi connectivity index (χ3v) is 5.51. The molecule has 0 saturated heterocycles. The van der Waals surface area contributed by atoms with E-state index in [1.165, 1.54) is 12.1 Å². The van der Waals surface area contributed by atoms with Crippen LogP contribution in [0, 0.1) is 0 Å². The van der Waals surface area contributed by atoms with E-state index in [0.29, 0.717) is 34.8 Å². The van der Waals surface area contributed by atoms with Gasteiger partial charge in [0, 0.05) is 41.0 Å². The molecule has 0 bridgehead atoms. The normalized spacial score (nSPS) is 11.0. The molecule has 0 amide bonds. The molecule has 1 aromatic heterocycles. The molecule has 1 aliphatic heterocycles. The second kappa shape index (κ2) is 9.19. The zero-order valence-corrected chi connectivity index (χ0v) is 18.5. The first-order valence-electron chi connectivity index (χ1n) is 10.9. The summed E-state index contributed by atoms with van der Waals surface area (Å²) in [4.78, 5) is 28.8. The minimum absolute atomic E-state index is 0.162. The first-order valence-corrected chi connectivity index (χ1v) is 10.9. The van der Waals surface area contributed by atoms with Crippen LogP contribution in [0.2, 0.25) is 0 Å². The second-order valence-electron chi connectivity index (χ2n) is 7.70. The molecule has 0 atom stereocenters. The Morgan fingerprint density at radius 3 is 2.59 bits per heavy atom. The summed E-state index contributed by atoms with van der Waals surface area (Å²) in [6.07, 6.45) is 3.43. The predicted octanol–water partition coefficient (Wildman–Crippen LogP) is 5.72. The van der Waals surface area contributed by atoms with Gasteiger partial charge in [-0.15, -0.1) is 0 Å². The van der Waals surface area contributed by atoms with Crippen molar-refractivity contribution in [1.29, 1.82) is 0 Å². The van der Waals surface area contributed by atoms with Gasteiger partial charge < -0.3 is 13.9 Å². The highest BCUT2D eigenvalue weighted by Gasteiger charge is 2.22. The molecule has 5 rings (SSSR count). The smallest absolute Gasteiger partial charge is 0.338 e. The highest BCUT2D eigenvalue weighted by Crippen LogP contribution is 2.42. The summed E-state index contributed by atoms with van der Waals surface area (Å²) >= 11 is 0. The van der Waals surface area contributed by atoms with Crippen molar-refractivity contribution in [3.05, 3.63) is 107 Å². The summed E-state index contributed by atoms with van der Waals surface area (Å²) in [5.74, 6) is 0.646. The van der Waals surface area contributed by atoms with Crippen molar-refractivity contribution in [2.45, 2.75) is 13.5 Å². The van der Waals surface area contributed by atoms with Gasteiger partial charge in [-0.3, -0.25) is 9.78 Å². The molecule has 1 aliphatic carbocycles. The van der Waals surface area contributed by atoms with Gasteiger partial charge in [0.2, 0.25) is 0 Å². The average molecular weight is 451 g/mol. The van der Waals surface area contributed by atoms with E-state index in [9.17, 15) is 9.59 Å². The van der Waals surface area contributed by atoms with Crippen LogP contribution >= 0.6 is 0 Å². The van der Waals surface area contributed by atoms with Gasteiger partial charge >= 0.3 is 5.97 Å². The van der Waals surface area contributed by atoms with E-state index in [1.807, 2.05) is 36.4 Å². The molecule has 34 heavy (non-hydrogen) atoms. The number of nitrogens with zero attached hydrogens (tertiary/aromatic N) is 1. The van der Waals surface area contributed by atoms with Crippen LogP contribution in [0.15, 0.2) is 94.4 Å². The van der Waals surface area contributed by atoms with Crippen molar-refractivity contribution in [1.82, 2.24) is 4.98 Å². The average Bonchev–Trinajstić information content (AvgIpc) is 2.86. The van der Waals surface area contributed by atoms with Crippen LogP contribution in [0.5, 0.6) is 5.75 Å². The summed E-state index contributed by atoms with van der Waals surface area (Å²) in [5.41, 5.74) is 4.04. The van der Waals surface area contributed by atoms with Crippen LogP contribution in [0.25, 0.3) is 33.4 Å². The van der Waals surface area contributed by atoms with E-state index in [4.69, 9.17) is 13.9 Å². The van der Waals surface area contributed by atoms with E-state index in [1.54, 1.807) is 43.6 Å². The number of ether oxygens (including phenoxy) is 2. The van der Waals surface area contributed by atoms with Crippen LogP contribution < -0.4 is 10.2 Å². The van der Waals surface area contributed by atoms with Crippen LogP contribution in [0.3, 0.4) is 0 Å². The first-order chi connectivity index (χ1) is 16.6. The van der Waals surface area contributed by atoms with Gasteiger partial charge in [-0.2, -0.15) is 0 Å². The van der Waals surface area contributed by atoms with Crippen LogP contribution in [0.4, 0.5) is 0 Å². The lowest BCUT2D eigenvalue weighted by atomic mass is 9.91. The lowest BCUT2D eigenvalue weighted by molar-refractivity contribution is 0.0527. The number of carbonyl (C=O) groups excluding carboxylic acids is 1. The molecule has 0 radical (unpaired) electrons. The zero-order valence-electron chi connectivity index (χ0n) is 18.5. The molecular formula is C28H21NO5. The number of benzene rings is 3. The van der Waals surface area contributed by atoms with Gasteiger partial charge in [0.05, 0.1) is 12.2 Å². The van der Waals surface area contributed by atoms with Crippen molar-refractivity contribution in [2.75, 3.05) is 6.61 Å². The van der Waals surface area contributed by atoms with E-state index < -0.39 is 5.97 Å². The Morgan fingerprint density at radius 1 is 0.941 bits per heavy atom. The minimum Gasteiger partial charge on any atom is -0.489 e. The molecule has 0 spiro atoms. The maximum Gasteiger partial charge on any atom is 0.338 e. The fourth-order valence-electron chi connectivity index (χ4n) is 3.96. The lowest BCUT2D eigenvalue weighted by Crippen LogP contribution is -2.07. The van der Waals surface area contributed by atoms with Gasteiger partial charge in [0.25, 0.3) is 0 Å². The van der Waals surface area contributed by atoms with Gasteiger partial charge in [-0.05, 0) is 60.5 Å². The number of fused-ring (bicyclic) bond motifs is 2. The highest BCUT2D eigenvalue weighted by atomic mass is 16.5. The largest absolute Gasteiger partial charge is 0.489 e. The molecule has 0 N–H and O–H groups in total. The van der Waals surface area contributed by atoms with Crippen LogP contribution in [-0.2, 0) is 11.3 Å². The third-order valence-electron chi connectivity index (χ3n) is 5.51. The van der Waals surface area contributed by atoms with E-state index in [0.717, 1.165) is 22.1 Å². The molecule has 2 heterocycles. The molecule has 0 saturated carbocycles. The van der Waals surface area contributed by atoms with Crippen molar-refractivity contribution in [2.24, 2.45) is 0 Å². The summed E-state index contributed by atoms with van der Waals surface area (Å²) in [7, 11) is 0. The van der Waals surface area contributed by atoms with E-state index in [2.05, 4.69) is 4.98 Å². The number of rotatable bonds is 6. The maximum atomic E-state index is 12.7. The number of hydrogen-bond donors (Lipinski definition) is 0. The molecular weight excluding hydrogens is 430 g/mol.